The van der Waals surface area contributed by atoms with Crippen molar-refractivity contribution in [2.75, 3.05) is 27.9 Å². The van der Waals surface area contributed by atoms with E-state index in [1.807, 2.05) is 25.2 Å². The number of methoxy groups -OCH3 is 2. The van der Waals surface area contributed by atoms with Crippen LogP contribution in [0.25, 0.3) is 0 Å². The third kappa shape index (κ3) is 3.72. The highest BCUT2D eigenvalue weighted by Crippen LogP contribution is 2.31. The zero-order valence-electron chi connectivity index (χ0n) is 11.2. The van der Waals surface area contributed by atoms with Gasteiger partial charge in [0.1, 0.15) is 5.75 Å². The van der Waals surface area contributed by atoms with Gasteiger partial charge in [-0.25, -0.2) is 0 Å². The Bertz CT molecular complexity index is 328. The number of hydrogen-bond acceptors (Lipinski definition) is 3. The highest BCUT2D eigenvalue weighted by molar-refractivity contribution is 5.36. The third-order valence-electron chi connectivity index (χ3n) is 3.13. The molecule has 0 radical (unpaired) electrons. The zero-order valence-corrected chi connectivity index (χ0v) is 11.2. The topological polar surface area (TPSA) is 30.5 Å². The normalized spacial score (nSPS) is 14.4. The Morgan fingerprint density at radius 1 is 1.24 bits per heavy atom. The number of benzene rings is 1. The fourth-order valence-corrected chi connectivity index (χ4v) is 2.14. The van der Waals surface area contributed by atoms with Crippen molar-refractivity contribution in [3.63, 3.8) is 0 Å². The number of para-hydroxylation sites is 1. The summed E-state index contributed by atoms with van der Waals surface area (Å²) in [6.07, 6.45) is 1.03. The molecule has 0 saturated carbocycles. The van der Waals surface area contributed by atoms with Crippen LogP contribution in [0.5, 0.6) is 5.75 Å². The van der Waals surface area contributed by atoms with Gasteiger partial charge in [-0.15, -0.1) is 0 Å². The van der Waals surface area contributed by atoms with Crippen LogP contribution in [-0.4, -0.2) is 27.9 Å². The van der Waals surface area contributed by atoms with Crippen LogP contribution in [0.3, 0.4) is 0 Å². The molecule has 0 heterocycles. The summed E-state index contributed by atoms with van der Waals surface area (Å²) in [7, 11) is 5.44. The van der Waals surface area contributed by atoms with Gasteiger partial charge in [-0.05, 0) is 25.5 Å². The van der Waals surface area contributed by atoms with Crippen LogP contribution in [0.1, 0.15) is 24.9 Å². The van der Waals surface area contributed by atoms with Crippen molar-refractivity contribution in [2.24, 2.45) is 5.92 Å². The van der Waals surface area contributed by atoms with Gasteiger partial charge in [-0.2, -0.15) is 0 Å². The molecule has 0 aliphatic rings. The van der Waals surface area contributed by atoms with Crippen LogP contribution >= 0.6 is 0 Å². The van der Waals surface area contributed by atoms with Crippen molar-refractivity contribution in [3.05, 3.63) is 29.8 Å². The molecular weight excluding hydrogens is 214 g/mol. The molecule has 1 aromatic rings. The van der Waals surface area contributed by atoms with E-state index in [9.17, 15) is 0 Å². The first-order valence-electron chi connectivity index (χ1n) is 6.03. The Kier molecular flexibility index (Phi) is 6.01. The summed E-state index contributed by atoms with van der Waals surface area (Å²) in [5.41, 5.74) is 1.21. The molecule has 17 heavy (non-hydrogen) atoms. The molecule has 0 bridgehead atoms. The second kappa shape index (κ2) is 7.30. The fraction of sp³-hybridized carbons (Fsp3) is 0.571. The predicted octanol–water partition coefficient (Wildman–Crippen LogP) is 2.63. The van der Waals surface area contributed by atoms with Gasteiger partial charge in [0, 0.05) is 25.3 Å². The van der Waals surface area contributed by atoms with Gasteiger partial charge in [-0.1, -0.05) is 25.1 Å². The lowest BCUT2D eigenvalue weighted by Gasteiger charge is -2.25. The van der Waals surface area contributed by atoms with Crippen LogP contribution in [0, 0.1) is 5.92 Å². The van der Waals surface area contributed by atoms with Crippen molar-refractivity contribution in [2.45, 2.75) is 19.4 Å². The van der Waals surface area contributed by atoms with Gasteiger partial charge in [0.25, 0.3) is 0 Å². The third-order valence-corrected chi connectivity index (χ3v) is 3.13. The minimum atomic E-state index is 0.293. The molecule has 1 rings (SSSR count). The average molecular weight is 237 g/mol. The monoisotopic (exact) mass is 237 g/mol. The highest BCUT2D eigenvalue weighted by atomic mass is 16.5. The van der Waals surface area contributed by atoms with Crippen molar-refractivity contribution >= 4 is 0 Å². The maximum absolute atomic E-state index is 5.41. The molecule has 0 aliphatic carbocycles. The molecule has 1 N–H and O–H groups in total. The van der Waals surface area contributed by atoms with Crippen LogP contribution in [0.2, 0.25) is 0 Å². The van der Waals surface area contributed by atoms with Gasteiger partial charge in [0.2, 0.25) is 0 Å². The molecule has 2 unspecified atom stereocenters. The van der Waals surface area contributed by atoms with E-state index in [1.165, 1.54) is 5.56 Å². The summed E-state index contributed by atoms with van der Waals surface area (Å²) in [6, 6.07) is 8.45. The van der Waals surface area contributed by atoms with E-state index in [4.69, 9.17) is 9.47 Å². The fourth-order valence-electron chi connectivity index (χ4n) is 2.14. The SMILES string of the molecule is CNC(c1ccccc1OC)C(C)CCOC. The maximum Gasteiger partial charge on any atom is 0.123 e. The first-order chi connectivity index (χ1) is 8.24. The van der Waals surface area contributed by atoms with Gasteiger partial charge < -0.3 is 14.8 Å². The zero-order chi connectivity index (χ0) is 12.7. The standard InChI is InChI=1S/C14H23NO2/c1-11(9-10-16-3)14(15-2)12-7-5-6-8-13(12)17-4/h5-8,11,14-15H,9-10H2,1-4H3. The number of ether oxygens (including phenoxy) is 2. The van der Waals surface area contributed by atoms with Gasteiger partial charge >= 0.3 is 0 Å². The van der Waals surface area contributed by atoms with E-state index >= 15 is 0 Å². The predicted molar refractivity (Wildman–Crippen MR) is 70.5 cm³/mol. The number of nitrogens with one attached hydrogen (secondary N) is 1. The molecule has 3 nitrogen and oxygen atoms in total. The quantitative estimate of drug-likeness (QED) is 0.790. The van der Waals surface area contributed by atoms with E-state index < -0.39 is 0 Å². The van der Waals surface area contributed by atoms with Crippen molar-refractivity contribution in [1.29, 1.82) is 0 Å². The van der Waals surface area contributed by atoms with Crippen molar-refractivity contribution in [1.82, 2.24) is 5.32 Å². The Balaban J connectivity index is 2.84. The minimum absolute atomic E-state index is 0.293. The number of hydrogen-bond donors (Lipinski definition) is 1. The van der Waals surface area contributed by atoms with Gasteiger partial charge in [0.15, 0.2) is 0 Å². The Hall–Kier alpha value is -1.06. The first-order valence-corrected chi connectivity index (χ1v) is 6.03. The molecule has 0 aliphatic heterocycles. The lowest BCUT2D eigenvalue weighted by atomic mass is 9.91. The lowest BCUT2D eigenvalue weighted by molar-refractivity contribution is 0.171. The molecule has 1 aromatic carbocycles. The summed E-state index contributed by atoms with van der Waals surface area (Å²) >= 11 is 0. The van der Waals surface area contributed by atoms with Gasteiger partial charge in [-0.3, -0.25) is 0 Å². The number of rotatable bonds is 7. The molecule has 0 saturated heterocycles. The molecule has 0 spiro atoms. The molecular formula is C14H23NO2. The molecule has 2 atom stereocenters. The second-order valence-corrected chi connectivity index (χ2v) is 4.27. The molecule has 0 amide bonds. The molecule has 0 fully saturated rings. The molecule has 3 heteroatoms. The largest absolute Gasteiger partial charge is 0.496 e. The summed E-state index contributed by atoms with van der Waals surface area (Å²) < 4.78 is 10.6. The minimum Gasteiger partial charge on any atom is -0.496 e. The van der Waals surface area contributed by atoms with E-state index in [1.54, 1.807) is 14.2 Å². The molecule has 96 valence electrons. The summed E-state index contributed by atoms with van der Waals surface area (Å²) in [5, 5.41) is 3.37. The van der Waals surface area contributed by atoms with E-state index in [2.05, 4.69) is 18.3 Å². The van der Waals surface area contributed by atoms with Gasteiger partial charge in [0.05, 0.1) is 7.11 Å². The summed E-state index contributed by atoms with van der Waals surface area (Å²) in [6.45, 7) is 3.02. The van der Waals surface area contributed by atoms with Crippen LogP contribution in [-0.2, 0) is 4.74 Å². The van der Waals surface area contributed by atoms with E-state index in [-0.39, 0.29) is 0 Å². The van der Waals surface area contributed by atoms with E-state index in [0.717, 1.165) is 18.8 Å². The summed E-state index contributed by atoms with van der Waals surface area (Å²) in [4.78, 5) is 0. The smallest absolute Gasteiger partial charge is 0.123 e. The first kappa shape index (κ1) is 14.0. The van der Waals surface area contributed by atoms with Crippen LogP contribution in [0.15, 0.2) is 24.3 Å². The summed E-state index contributed by atoms with van der Waals surface area (Å²) in [5.74, 6) is 1.44. The van der Waals surface area contributed by atoms with E-state index in [0.29, 0.717) is 12.0 Å². The van der Waals surface area contributed by atoms with Crippen LogP contribution in [0.4, 0.5) is 0 Å². The average Bonchev–Trinajstić information content (AvgIpc) is 2.37. The maximum atomic E-state index is 5.41. The van der Waals surface area contributed by atoms with Crippen molar-refractivity contribution < 1.29 is 9.47 Å². The Morgan fingerprint density at radius 3 is 2.53 bits per heavy atom. The molecule has 0 aromatic heterocycles. The van der Waals surface area contributed by atoms with Crippen molar-refractivity contribution in [3.8, 4) is 5.75 Å². The Morgan fingerprint density at radius 2 is 1.94 bits per heavy atom. The highest BCUT2D eigenvalue weighted by Gasteiger charge is 2.20. The second-order valence-electron chi connectivity index (χ2n) is 4.27. The lowest BCUT2D eigenvalue weighted by Crippen LogP contribution is -2.24. The van der Waals surface area contributed by atoms with Crippen LogP contribution < -0.4 is 10.1 Å². The Labute approximate surface area is 104 Å².